The Morgan fingerprint density at radius 1 is 1.39 bits per heavy atom. The summed E-state index contributed by atoms with van der Waals surface area (Å²) in [5.74, 6) is 0.352. The molecule has 1 amide bonds. The molecule has 1 unspecified atom stereocenters. The lowest BCUT2D eigenvalue weighted by Crippen LogP contribution is -2.30. The SMILES string of the molecule is Cc1cccc(C(=O)NCC(Cl)CC(C)C)c1Cl. The van der Waals surface area contributed by atoms with Crippen molar-refractivity contribution in [3.8, 4) is 0 Å². The minimum absolute atomic E-state index is 0.0439. The predicted octanol–water partition coefficient (Wildman–Crippen LogP) is 4.03. The van der Waals surface area contributed by atoms with E-state index >= 15 is 0 Å². The Balaban J connectivity index is 2.58. The zero-order valence-electron chi connectivity index (χ0n) is 11.0. The average molecular weight is 288 g/mol. The average Bonchev–Trinajstić information content (AvgIpc) is 2.29. The normalized spacial score (nSPS) is 12.6. The number of carbonyl (C=O) groups excluding carboxylic acids is 1. The molecule has 0 aliphatic heterocycles. The molecule has 1 atom stereocenters. The molecule has 1 aromatic rings. The molecule has 0 radical (unpaired) electrons. The summed E-state index contributed by atoms with van der Waals surface area (Å²) in [5.41, 5.74) is 1.40. The van der Waals surface area contributed by atoms with Crippen molar-refractivity contribution in [3.05, 3.63) is 34.3 Å². The van der Waals surface area contributed by atoms with Crippen molar-refractivity contribution in [3.63, 3.8) is 0 Å². The maximum absolute atomic E-state index is 12.0. The summed E-state index contributed by atoms with van der Waals surface area (Å²) < 4.78 is 0. The second-order valence-corrected chi connectivity index (χ2v) is 5.87. The van der Waals surface area contributed by atoms with Crippen LogP contribution in [0, 0.1) is 12.8 Å². The van der Waals surface area contributed by atoms with Gasteiger partial charge in [0.25, 0.3) is 5.91 Å². The van der Waals surface area contributed by atoms with Crippen LogP contribution in [0.3, 0.4) is 0 Å². The molecule has 4 heteroatoms. The van der Waals surface area contributed by atoms with Crippen molar-refractivity contribution >= 4 is 29.1 Å². The lowest BCUT2D eigenvalue weighted by molar-refractivity contribution is 0.0953. The first-order valence-corrected chi connectivity index (χ1v) is 6.90. The van der Waals surface area contributed by atoms with E-state index < -0.39 is 0 Å². The number of aryl methyl sites for hydroxylation is 1. The number of amides is 1. The minimum Gasteiger partial charge on any atom is -0.351 e. The summed E-state index contributed by atoms with van der Waals surface area (Å²) in [6.07, 6.45) is 0.878. The fourth-order valence-electron chi connectivity index (χ4n) is 1.72. The molecule has 0 saturated heterocycles. The minimum atomic E-state index is -0.168. The number of benzene rings is 1. The van der Waals surface area contributed by atoms with E-state index in [-0.39, 0.29) is 11.3 Å². The first kappa shape index (κ1) is 15.3. The van der Waals surface area contributed by atoms with Gasteiger partial charge in [0.2, 0.25) is 0 Å². The monoisotopic (exact) mass is 287 g/mol. The molecule has 1 N–H and O–H groups in total. The molecule has 0 aromatic heterocycles. The molecule has 0 bridgehead atoms. The van der Waals surface area contributed by atoms with Crippen LogP contribution < -0.4 is 5.32 Å². The number of hydrogen-bond donors (Lipinski definition) is 1. The van der Waals surface area contributed by atoms with Gasteiger partial charge in [0.15, 0.2) is 0 Å². The Hall–Kier alpha value is -0.730. The Bertz CT molecular complexity index is 418. The van der Waals surface area contributed by atoms with E-state index in [4.69, 9.17) is 23.2 Å². The van der Waals surface area contributed by atoms with E-state index in [1.165, 1.54) is 0 Å². The highest BCUT2D eigenvalue weighted by molar-refractivity contribution is 6.34. The van der Waals surface area contributed by atoms with Crippen molar-refractivity contribution < 1.29 is 4.79 Å². The van der Waals surface area contributed by atoms with Gasteiger partial charge in [-0.1, -0.05) is 37.6 Å². The summed E-state index contributed by atoms with van der Waals surface area (Å²) in [6, 6.07) is 5.42. The third kappa shape index (κ3) is 4.51. The zero-order chi connectivity index (χ0) is 13.7. The van der Waals surface area contributed by atoms with Crippen LogP contribution in [0.4, 0.5) is 0 Å². The van der Waals surface area contributed by atoms with Gasteiger partial charge in [0.05, 0.1) is 16.0 Å². The van der Waals surface area contributed by atoms with Gasteiger partial charge in [-0.3, -0.25) is 4.79 Å². The maximum Gasteiger partial charge on any atom is 0.252 e. The van der Waals surface area contributed by atoms with E-state index in [2.05, 4.69) is 19.2 Å². The summed E-state index contributed by atoms with van der Waals surface area (Å²) >= 11 is 12.2. The van der Waals surface area contributed by atoms with Gasteiger partial charge in [-0.05, 0) is 30.9 Å². The molecule has 0 saturated carbocycles. The van der Waals surface area contributed by atoms with Crippen molar-refractivity contribution in [2.45, 2.75) is 32.6 Å². The van der Waals surface area contributed by atoms with Crippen molar-refractivity contribution in [2.75, 3.05) is 6.54 Å². The molecule has 1 aromatic carbocycles. The summed E-state index contributed by atoms with van der Waals surface area (Å²) in [7, 11) is 0. The van der Waals surface area contributed by atoms with E-state index in [1.54, 1.807) is 6.07 Å². The first-order valence-electron chi connectivity index (χ1n) is 6.09. The topological polar surface area (TPSA) is 29.1 Å². The van der Waals surface area contributed by atoms with Crippen LogP contribution in [0.2, 0.25) is 5.02 Å². The van der Waals surface area contributed by atoms with E-state index in [1.807, 2.05) is 19.1 Å². The highest BCUT2D eigenvalue weighted by Crippen LogP contribution is 2.20. The Morgan fingerprint density at radius 2 is 2.06 bits per heavy atom. The fourth-order valence-corrected chi connectivity index (χ4v) is 2.36. The van der Waals surface area contributed by atoms with Crippen LogP contribution in [-0.2, 0) is 0 Å². The number of carbonyl (C=O) groups is 1. The van der Waals surface area contributed by atoms with Crippen LogP contribution in [0.25, 0.3) is 0 Å². The molecule has 0 aliphatic carbocycles. The quantitative estimate of drug-likeness (QED) is 0.814. The molecule has 100 valence electrons. The molecule has 18 heavy (non-hydrogen) atoms. The first-order chi connectivity index (χ1) is 8.41. The van der Waals surface area contributed by atoms with Crippen LogP contribution in [0.5, 0.6) is 0 Å². The van der Waals surface area contributed by atoms with Crippen LogP contribution in [0.15, 0.2) is 18.2 Å². The third-order valence-electron chi connectivity index (χ3n) is 2.65. The molecule has 2 nitrogen and oxygen atoms in total. The van der Waals surface area contributed by atoms with Crippen molar-refractivity contribution in [2.24, 2.45) is 5.92 Å². The second kappa shape index (κ2) is 7.01. The van der Waals surface area contributed by atoms with Crippen LogP contribution in [-0.4, -0.2) is 17.8 Å². The lowest BCUT2D eigenvalue weighted by atomic mass is 10.1. The maximum atomic E-state index is 12.0. The molecule has 0 fully saturated rings. The third-order valence-corrected chi connectivity index (χ3v) is 3.48. The molecule has 0 aliphatic rings. The Morgan fingerprint density at radius 3 is 2.67 bits per heavy atom. The number of nitrogens with one attached hydrogen (secondary N) is 1. The Kier molecular flexibility index (Phi) is 5.97. The number of hydrogen-bond acceptors (Lipinski definition) is 1. The second-order valence-electron chi connectivity index (χ2n) is 4.87. The number of alkyl halides is 1. The smallest absolute Gasteiger partial charge is 0.252 e. The van der Waals surface area contributed by atoms with E-state index in [0.29, 0.717) is 23.0 Å². The number of rotatable bonds is 5. The largest absolute Gasteiger partial charge is 0.351 e. The van der Waals surface area contributed by atoms with Gasteiger partial charge in [0, 0.05) is 6.54 Å². The molecular weight excluding hydrogens is 269 g/mol. The van der Waals surface area contributed by atoms with Gasteiger partial charge >= 0.3 is 0 Å². The zero-order valence-corrected chi connectivity index (χ0v) is 12.5. The van der Waals surface area contributed by atoms with Gasteiger partial charge < -0.3 is 5.32 Å². The van der Waals surface area contributed by atoms with E-state index in [9.17, 15) is 4.79 Å². The van der Waals surface area contributed by atoms with Gasteiger partial charge in [-0.25, -0.2) is 0 Å². The molecule has 1 rings (SSSR count). The summed E-state index contributed by atoms with van der Waals surface area (Å²) in [5, 5.41) is 3.28. The predicted molar refractivity (Wildman–Crippen MR) is 77.6 cm³/mol. The fraction of sp³-hybridized carbons (Fsp3) is 0.500. The molecular formula is C14H19Cl2NO. The standard InChI is InChI=1S/C14H19Cl2NO/c1-9(2)7-11(15)8-17-14(18)12-6-4-5-10(3)13(12)16/h4-6,9,11H,7-8H2,1-3H3,(H,17,18). The Labute approximate surface area is 119 Å². The van der Waals surface area contributed by atoms with E-state index in [0.717, 1.165) is 12.0 Å². The summed E-state index contributed by atoms with van der Waals surface area (Å²) in [4.78, 5) is 12.0. The van der Waals surface area contributed by atoms with Crippen LogP contribution >= 0.6 is 23.2 Å². The van der Waals surface area contributed by atoms with Crippen LogP contribution in [0.1, 0.15) is 36.2 Å². The number of halogens is 2. The highest BCUT2D eigenvalue weighted by atomic mass is 35.5. The van der Waals surface area contributed by atoms with Gasteiger partial charge in [-0.2, -0.15) is 0 Å². The lowest BCUT2D eigenvalue weighted by Gasteiger charge is -2.13. The summed E-state index contributed by atoms with van der Waals surface area (Å²) in [6.45, 7) is 6.55. The van der Waals surface area contributed by atoms with Crippen molar-refractivity contribution in [1.82, 2.24) is 5.32 Å². The molecule has 0 heterocycles. The highest BCUT2D eigenvalue weighted by Gasteiger charge is 2.13. The van der Waals surface area contributed by atoms with Gasteiger partial charge in [-0.15, -0.1) is 11.6 Å². The molecule has 0 spiro atoms. The van der Waals surface area contributed by atoms with Crippen molar-refractivity contribution in [1.29, 1.82) is 0 Å². The van der Waals surface area contributed by atoms with Gasteiger partial charge in [0.1, 0.15) is 0 Å².